The van der Waals surface area contributed by atoms with Crippen molar-refractivity contribution in [2.75, 3.05) is 25.2 Å². The third kappa shape index (κ3) is 6.03. The number of amides is 1. The summed E-state index contributed by atoms with van der Waals surface area (Å²) in [6.45, 7) is 3.62. The fraction of sp³-hybridized carbons (Fsp3) is 0.241. The van der Waals surface area contributed by atoms with Gasteiger partial charge in [-0.15, -0.1) is 0 Å². The van der Waals surface area contributed by atoms with Crippen molar-refractivity contribution in [2.24, 2.45) is 5.92 Å². The fourth-order valence-electron chi connectivity index (χ4n) is 4.07. The van der Waals surface area contributed by atoms with Gasteiger partial charge >= 0.3 is 11.9 Å². The molecule has 0 aromatic heterocycles. The maximum absolute atomic E-state index is 12.6. The predicted octanol–water partition coefficient (Wildman–Crippen LogP) is 4.31. The smallest absolute Gasteiger partial charge is 0.343 e. The van der Waals surface area contributed by atoms with E-state index in [1.54, 1.807) is 29.2 Å². The third-order valence-corrected chi connectivity index (χ3v) is 6.15. The van der Waals surface area contributed by atoms with Crippen LogP contribution in [0.25, 0.3) is 0 Å². The zero-order valence-corrected chi connectivity index (χ0v) is 20.9. The second-order valence-electron chi connectivity index (χ2n) is 8.87. The number of benzene rings is 3. The Hall–Kier alpha value is -4.46. The minimum absolute atomic E-state index is 0.0355. The summed E-state index contributed by atoms with van der Waals surface area (Å²) in [6.07, 6.45) is 0.0355. The number of esters is 2. The number of rotatable bonds is 8. The highest BCUT2D eigenvalue weighted by Gasteiger charge is 2.37. The summed E-state index contributed by atoms with van der Waals surface area (Å²) in [5.74, 6) is -1.55. The Morgan fingerprint density at radius 3 is 2.41 bits per heavy atom. The van der Waals surface area contributed by atoms with Crippen molar-refractivity contribution in [3.63, 3.8) is 0 Å². The average Bonchev–Trinajstić information content (AvgIpc) is 3.30. The van der Waals surface area contributed by atoms with Gasteiger partial charge in [0, 0.05) is 24.2 Å². The minimum atomic E-state index is -0.640. The molecule has 8 heteroatoms. The highest BCUT2D eigenvalue weighted by molar-refractivity contribution is 6.01. The third-order valence-electron chi connectivity index (χ3n) is 6.15. The van der Waals surface area contributed by atoms with E-state index in [1.165, 1.54) is 31.4 Å². The van der Waals surface area contributed by atoms with Gasteiger partial charge in [0.2, 0.25) is 5.91 Å². The summed E-state index contributed by atoms with van der Waals surface area (Å²) < 4.78 is 15.7. The molecule has 1 fully saturated rings. The molecule has 0 radical (unpaired) electrons. The van der Waals surface area contributed by atoms with E-state index in [9.17, 15) is 19.2 Å². The topological polar surface area (TPSA) is 99.2 Å². The van der Waals surface area contributed by atoms with E-state index in [2.05, 4.69) is 0 Å². The number of nitrogens with zero attached hydrogens (tertiary/aromatic N) is 1. The van der Waals surface area contributed by atoms with Gasteiger partial charge < -0.3 is 19.1 Å². The van der Waals surface area contributed by atoms with Crippen LogP contribution in [-0.2, 0) is 14.3 Å². The van der Waals surface area contributed by atoms with Gasteiger partial charge in [0.05, 0.1) is 18.6 Å². The SMILES string of the molecule is COc1cccc(C(=O)Oc2ccc(C(=O)COC(=O)C3CC(=O)N(c4cc(C)ccc4C)C3)cc2)c1. The van der Waals surface area contributed by atoms with Crippen LogP contribution in [-0.4, -0.2) is 43.9 Å². The number of methoxy groups -OCH3 is 1. The van der Waals surface area contributed by atoms with Gasteiger partial charge in [-0.2, -0.15) is 0 Å². The molecule has 0 bridgehead atoms. The molecule has 4 rings (SSSR count). The zero-order valence-electron chi connectivity index (χ0n) is 20.9. The number of hydrogen-bond acceptors (Lipinski definition) is 7. The number of hydrogen-bond donors (Lipinski definition) is 0. The lowest BCUT2D eigenvalue weighted by Crippen LogP contribution is -2.27. The maximum Gasteiger partial charge on any atom is 0.343 e. The first-order valence-corrected chi connectivity index (χ1v) is 11.8. The van der Waals surface area contributed by atoms with Crippen molar-refractivity contribution in [1.82, 2.24) is 0 Å². The zero-order chi connectivity index (χ0) is 26.5. The summed E-state index contributed by atoms with van der Waals surface area (Å²) >= 11 is 0. The fourth-order valence-corrected chi connectivity index (χ4v) is 4.07. The van der Waals surface area contributed by atoms with Crippen LogP contribution in [0.5, 0.6) is 11.5 Å². The standard InChI is InChI=1S/C29H27NO7/c1-18-7-8-19(2)25(13-18)30-16-22(15-27(30)32)28(33)36-17-26(31)20-9-11-23(12-10-20)37-29(34)21-5-4-6-24(14-21)35-3/h4-14,22H,15-17H2,1-3H3. The summed E-state index contributed by atoms with van der Waals surface area (Å²) in [7, 11) is 1.51. The van der Waals surface area contributed by atoms with Crippen molar-refractivity contribution >= 4 is 29.3 Å². The highest BCUT2D eigenvalue weighted by Crippen LogP contribution is 2.29. The predicted molar refractivity (Wildman–Crippen MR) is 136 cm³/mol. The number of carbonyl (C=O) groups is 4. The largest absolute Gasteiger partial charge is 0.497 e. The minimum Gasteiger partial charge on any atom is -0.497 e. The number of aryl methyl sites for hydroxylation is 2. The van der Waals surface area contributed by atoms with Gasteiger partial charge in [-0.25, -0.2) is 4.79 Å². The van der Waals surface area contributed by atoms with Crippen LogP contribution >= 0.6 is 0 Å². The first kappa shape index (κ1) is 25.6. The Kier molecular flexibility index (Phi) is 7.67. The van der Waals surface area contributed by atoms with Crippen LogP contribution < -0.4 is 14.4 Å². The van der Waals surface area contributed by atoms with E-state index in [4.69, 9.17) is 14.2 Å². The monoisotopic (exact) mass is 501 g/mol. The Morgan fingerprint density at radius 2 is 1.68 bits per heavy atom. The number of Topliss-reactive ketones (excluding diaryl/α,β-unsaturated/α-hetero) is 1. The summed E-state index contributed by atoms with van der Waals surface area (Å²) in [5.41, 5.74) is 3.37. The maximum atomic E-state index is 12.6. The normalized spacial score (nSPS) is 14.8. The van der Waals surface area contributed by atoms with E-state index in [0.29, 0.717) is 16.9 Å². The van der Waals surface area contributed by atoms with Gasteiger partial charge in [0.25, 0.3) is 0 Å². The molecular weight excluding hydrogens is 474 g/mol. The van der Waals surface area contributed by atoms with E-state index < -0.39 is 30.2 Å². The molecule has 1 atom stereocenters. The van der Waals surface area contributed by atoms with Crippen LogP contribution in [0.4, 0.5) is 5.69 Å². The molecule has 0 N–H and O–H groups in total. The van der Waals surface area contributed by atoms with E-state index >= 15 is 0 Å². The van der Waals surface area contributed by atoms with Crippen molar-refractivity contribution in [3.8, 4) is 11.5 Å². The molecular formula is C29H27NO7. The van der Waals surface area contributed by atoms with Gasteiger partial charge in [0.1, 0.15) is 11.5 Å². The summed E-state index contributed by atoms with van der Waals surface area (Å²) in [4.78, 5) is 51.6. The van der Waals surface area contributed by atoms with E-state index in [-0.39, 0.29) is 24.6 Å². The van der Waals surface area contributed by atoms with Crippen LogP contribution in [0, 0.1) is 19.8 Å². The van der Waals surface area contributed by atoms with Gasteiger partial charge in [-0.3, -0.25) is 14.4 Å². The molecule has 190 valence electrons. The molecule has 1 aliphatic rings. The second-order valence-corrected chi connectivity index (χ2v) is 8.87. The van der Waals surface area contributed by atoms with E-state index in [0.717, 1.165) is 16.8 Å². The average molecular weight is 502 g/mol. The Morgan fingerprint density at radius 1 is 0.919 bits per heavy atom. The van der Waals surface area contributed by atoms with Crippen molar-refractivity contribution < 1.29 is 33.4 Å². The molecule has 37 heavy (non-hydrogen) atoms. The molecule has 1 heterocycles. The van der Waals surface area contributed by atoms with E-state index in [1.807, 2.05) is 32.0 Å². The second kappa shape index (κ2) is 11.1. The van der Waals surface area contributed by atoms with Crippen LogP contribution in [0.1, 0.15) is 38.3 Å². The number of ketones is 1. The molecule has 0 saturated carbocycles. The lowest BCUT2D eigenvalue weighted by molar-refractivity contribution is -0.147. The molecule has 1 unspecified atom stereocenters. The molecule has 1 saturated heterocycles. The Bertz CT molecular complexity index is 1350. The molecule has 3 aromatic carbocycles. The quantitative estimate of drug-likeness (QED) is 0.258. The number of ether oxygens (including phenoxy) is 3. The lowest BCUT2D eigenvalue weighted by atomic mass is 10.1. The number of anilines is 1. The summed E-state index contributed by atoms with van der Waals surface area (Å²) in [6, 6.07) is 18.4. The molecule has 8 nitrogen and oxygen atoms in total. The molecule has 1 aliphatic heterocycles. The molecule has 0 aliphatic carbocycles. The van der Waals surface area contributed by atoms with Crippen molar-refractivity contribution in [3.05, 3.63) is 89.0 Å². The molecule has 1 amide bonds. The first-order valence-electron chi connectivity index (χ1n) is 11.8. The van der Waals surface area contributed by atoms with Crippen LogP contribution in [0.15, 0.2) is 66.7 Å². The van der Waals surface area contributed by atoms with Crippen LogP contribution in [0.2, 0.25) is 0 Å². The first-order chi connectivity index (χ1) is 17.7. The van der Waals surface area contributed by atoms with Crippen LogP contribution in [0.3, 0.4) is 0 Å². The Balaban J connectivity index is 1.30. The van der Waals surface area contributed by atoms with Crippen molar-refractivity contribution in [1.29, 1.82) is 0 Å². The molecule has 3 aromatic rings. The summed E-state index contributed by atoms with van der Waals surface area (Å²) in [5, 5.41) is 0. The van der Waals surface area contributed by atoms with Gasteiger partial charge in [0.15, 0.2) is 12.4 Å². The van der Waals surface area contributed by atoms with Gasteiger partial charge in [-0.05, 0) is 73.5 Å². The Labute approximate surface area is 214 Å². The lowest BCUT2D eigenvalue weighted by Gasteiger charge is -2.19. The molecule has 0 spiro atoms. The van der Waals surface area contributed by atoms with Gasteiger partial charge in [-0.1, -0.05) is 18.2 Å². The van der Waals surface area contributed by atoms with Crippen molar-refractivity contribution in [2.45, 2.75) is 20.3 Å². The highest BCUT2D eigenvalue weighted by atomic mass is 16.5. The number of carbonyl (C=O) groups excluding carboxylic acids is 4.